The zero-order chi connectivity index (χ0) is 12.3. The summed E-state index contributed by atoms with van der Waals surface area (Å²) in [6.45, 7) is 4.09. The van der Waals surface area contributed by atoms with Gasteiger partial charge in [0.2, 0.25) is 0 Å². The quantitative estimate of drug-likeness (QED) is 0.873. The Morgan fingerprint density at radius 3 is 2.29 bits per heavy atom. The lowest BCUT2D eigenvalue weighted by atomic mass is 9.82. The summed E-state index contributed by atoms with van der Waals surface area (Å²) >= 11 is 0. The number of pyridine rings is 1. The first-order chi connectivity index (χ1) is 8.16. The van der Waals surface area contributed by atoms with Gasteiger partial charge in [0.25, 0.3) is 0 Å². The summed E-state index contributed by atoms with van der Waals surface area (Å²) < 4.78 is 0. The van der Waals surface area contributed by atoms with Gasteiger partial charge in [0.1, 0.15) is 0 Å². The Labute approximate surface area is 103 Å². The van der Waals surface area contributed by atoms with Crippen molar-refractivity contribution in [2.45, 2.75) is 25.8 Å². The number of aryl methyl sites for hydroxylation is 1. The Kier molecular flexibility index (Phi) is 3.25. The van der Waals surface area contributed by atoms with Gasteiger partial charge in [-0.15, -0.1) is 0 Å². The second-order valence-electron chi connectivity index (χ2n) is 4.38. The van der Waals surface area contributed by atoms with Crippen LogP contribution in [0, 0.1) is 6.92 Å². The molecule has 0 radical (unpaired) electrons. The van der Waals surface area contributed by atoms with Crippen LogP contribution in [0.15, 0.2) is 48.7 Å². The van der Waals surface area contributed by atoms with E-state index >= 15 is 0 Å². The van der Waals surface area contributed by atoms with E-state index < -0.39 is 5.54 Å². The van der Waals surface area contributed by atoms with Crippen molar-refractivity contribution in [3.05, 3.63) is 65.5 Å². The average molecular weight is 226 g/mol. The minimum absolute atomic E-state index is 0.442. The third-order valence-electron chi connectivity index (χ3n) is 3.27. The maximum Gasteiger partial charge on any atom is 0.0678 e. The average Bonchev–Trinajstić information content (AvgIpc) is 2.40. The summed E-state index contributed by atoms with van der Waals surface area (Å²) in [7, 11) is 0. The van der Waals surface area contributed by atoms with E-state index in [9.17, 15) is 0 Å². The highest BCUT2D eigenvalue weighted by atomic mass is 14.8. The third kappa shape index (κ3) is 2.22. The Morgan fingerprint density at radius 2 is 1.76 bits per heavy atom. The van der Waals surface area contributed by atoms with Crippen LogP contribution in [-0.4, -0.2) is 4.98 Å². The molecule has 0 saturated carbocycles. The van der Waals surface area contributed by atoms with Crippen LogP contribution in [-0.2, 0) is 5.54 Å². The zero-order valence-corrected chi connectivity index (χ0v) is 10.4. The van der Waals surface area contributed by atoms with E-state index in [4.69, 9.17) is 5.73 Å². The molecular weight excluding hydrogens is 208 g/mol. The van der Waals surface area contributed by atoms with Crippen LogP contribution in [0.4, 0.5) is 0 Å². The van der Waals surface area contributed by atoms with E-state index in [1.165, 1.54) is 0 Å². The molecule has 1 atom stereocenters. The molecule has 0 aliphatic rings. The lowest BCUT2D eigenvalue weighted by Crippen LogP contribution is -2.37. The molecule has 0 bridgehead atoms. The number of hydrogen-bond acceptors (Lipinski definition) is 2. The first-order valence-electron chi connectivity index (χ1n) is 5.94. The van der Waals surface area contributed by atoms with Gasteiger partial charge >= 0.3 is 0 Å². The fourth-order valence-corrected chi connectivity index (χ4v) is 2.04. The molecule has 0 spiro atoms. The molecule has 88 valence electrons. The van der Waals surface area contributed by atoms with Crippen molar-refractivity contribution in [1.29, 1.82) is 0 Å². The first kappa shape index (κ1) is 11.8. The summed E-state index contributed by atoms with van der Waals surface area (Å²) in [5, 5.41) is 0. The Bertz CT molecular complexity index is 476. The zero-order valence-electron chi connectivity index (χ0n) is 10.4. The first-order valence-corrected chi connectivity index (χ1v) is 5.94. The number of aromatic nitrogens is 1. The van der Waals surface area contributed by atoms with Crippen molar-refractivity contribution < 1.29 is 0 Å². The highest BCUT2D eigenvalue weighted by Gasteiger charge is 2.27. The van der Waals surface area contributed by atoms with Crippen LogP contribution in [0.3, 0.4) is 0 Å². The molecule has 2 nitrogen and oxygen atoms in total. The molecule has 1 heterocycles. The molecule has 2 heteroatoms. The minimum atomic E-state index is -0.442. The van der Waals surface area contributed by atoms with E-state index in [-0.39, 0.29) is 0 Å². The SMILES string of the molecule is CCC(N)(c1ccccc1)c1ccc(C)nc1. The molecule has 1 aromatic heterocycles. The van der Waals surface area contributed by atoms with Crippen molar-refractivity contribution in [2.75, 3.05) is 0 Å². The van der Waals surface area contributed by atoms with Gasteiger partial charge in [-0.05, 0) is 30.5 Å². The van der Waals surface area contributed by atoms with Crippen molar-refractivity contribution in [3.8, 4) is 0 Å². The van der Waals surface area contributed by atoms with E-state index in [1.54, 1.807) is 0 Å². The molecule has 1 unspecified atom stereocenters. The molecule has 0 aliphatic carbocycles. The van der Waals surface area contributed by atoms with Crippen LogP contribution in [0.1, 0.15) is 30.2 Å². The standard InChI is InChI=1S/C15H18N2/c1-3-15(16,13-7-5-4-6-8-13)14-10-9-12(2)17-11-14/h4-11H,3,16H2,1-2H3. The van der Waals surface area contributed by atoms with Crippen LogP contribution >= 0.6 is 0 Å². The van der Waals surface area contributed by atoms with Crippen molar-refractivity contribution in [2.24, 2.45) is 5.73 Å². The van der Waals surface area contributed by atoms with E-state index in [2.05, 4.69) is 30.1 Å². The van der Waals surface area contributed by atoms with Crippen molar-refractivity contribution in [1.82, 2.24) is 4.98 Å². The van der Waals surface area contributed by atoms with Crippen molar-refractivity contribution in [3.63, 3.8) is 0 Å². The monoisotopic (exact) mass is 226 g/mol. The van der Waals surface area contributed by atoms with Crippen molar-refractivity contribution >= 4 is 0 Å². The van der Waals surface area contributed by atoms with E-state index in [0.29, 0.717) is 0 Å². The van der Waals surface area contributed by atoms with Gasteiger partial charge in [-0.3, -0.25) is 4.98 Å². The molecular formula is C15H18N2. The van der Waals surface area contributed by atoms with Crippen LogP contribution in [0.5, 0.6) is 0 Å². The van der Waals surface area contributed by atoms with Crippen LogP contribution in [0.25, 0.3) is 0 Å². The number of hydrogen-bond donors (Lipinski definition) is 1. The second kappa shape index (κ2) is 4.68. The fraction of sp³-hybridized carbons (Fsp3) is 0.267. The maximum absolute atomic E-state index is 6.55. The second-order valence-corrected chi connectivity index (χ2v) is 4.38. The number of benzene rings is 1. The lowest BCUT2D eigenvalue weighted by molar-refractivity contribution is 0.517. The van der Waals surface area contributed by atoms with Gasteiger partial charge in [-0.25, -0.2) is 0 Å². The molecule has 2 rings (SSSR count). The summed E-state index contributed by atoms with van der Waals surface area (Å²) in [6.07, 6.45) is 2.73. The molecule has 0 saturated heterocycles. The minimum Gasteiger partial charge on any atom is -0.318 e. The molecule has 0 fully saturated rings. The predicted molar refractivity (Wildman–Crippen MR) is 70.7 cm³/mol. The molecule has 1 aromatic carbocycles. The highest BCUT2D eigenvalue weighted by molar-refractivity contribution is 5.36. The number of nitrogens with zero attached hydrogens (tertiary/aromatic N) is 1. The Balaban J connectivity index is 2.48. The third-order valence-corrected chi connectivity index (χ3v) is 3.27. The van der Waals surface area contributed by atoms with Gasteiger partial charge in [0, 0.05) is 11.9 Å². The smallest absolute Gasteiger partial charge is 0.0678 e. The molecule has 2 aromatic rings. The lowest BCUT2D eigenvalue weighted by Gasteiger charge is -2.29. The molecule has 2 N–H and O–H groups in total. The summed E-state index contributed by atoms with van der Waals surface area (Å²) in [5.41, 5.74) is 9.32. The Hall–Kier alpha value is -1.67. The maximum atomic E-state index is 6.55. The summed E-state index contributed by atoms with van der Waals surface area (Å²) in [5.74, 6) is 0. The van der Waals surface area contributed by atoms with Gasteiger partial charge < -0.3 is 5.73 Å². The van der Waals surface area contributed by atoms with Gasteiger partial charge in [0.15, 0.2) is 0 Å². The number of nitrogens with two attached hydrogens (primary N) is 1. The fourth-order valence-electron chi connectivity index (χ4n) is 2.04. The van der Waals surface area contributed by atoms with Crippen LogP contribution < -0.4 is 5.73 Å². The van der Waals surface area contributed by atoms with Gasteiger partial charge in [0.05, 0.1) is 5.54 Å². The number of rotatable bonds is 3. The predicted octanol–water partition coefficient (Wildman–Crippen LogP) is 3.00. The largest absolute Gasteiger partial charge is 0.318 e. The summed E-state index contributed by atoms with van der Waals surface area (Å²) in [6, 6.07) is 14.3. The topological polar surface area (TPSA) is 38.9 Å². The molecule has 17 heavy (non-hydrogen) atoms. The van der Waals surface area contributed by atoms with Gasteiger partial charge in [-0.1, -0.05) is 43.3 Å². The van der Waals surface area contributed by atoms with Crippen LogP contribution in [0.2, 0.25) is 0 Å². The van der Waals surface area contributed by atoms with Gasteiger partial charge in [-0.2, -0.15) is 0 Å². The molecule has 0 amide bonds. The van der Waals surface area contributed by atoms with E-state index in [1.807, 2.05) is 37.4 Å². The van der Waals surface area contributed by atoms with E-state index in [0.717, 1.165) is 23.2 Å². The summed E-state index contributed by atoms with van der Waals surface area (Å²) in [4.78, 5) is 4.34. The highest BCUT2D eigenvalue weighted by Crippen LogP contribution is 2.29. The normalized spacial score (nSPS) is 14.3. The molecule has 0 aliphatic heterocycles. The Morgan fingerprint density at radius 1 is 1.06 bits per heavy atom.